The molecule has 0 bridgehead atoms. The molecule has 0 amide bonds. The van der Waals surface area contributed by atoms with Crippen LogP contribution >= 0.6 is 34.3 Å². The Balaban J connectivity index is 1.91. The maximum Gasteiger partial charge on any atom is 0.0516 e. The summed E-state index contributed by atoms with van der Waals surface area (Å²) in [5.41, 5.74) is 0. The minimum absolute atomic E-state index is 0.402. The zero-order chi connectivity index (χ0) is 11.5. The van der Waals surface area contributed by atoms with E-state index >= 15 is 0 Å². The summed E-state index contributed by atoms with van der Waals surface area (Å²) < 4.78 is 0. The highest BCUT2D eigenvalue weighted by molar-refractivity contribution is 7.12. The van der Waals surface area contributed by atoms with E-state index in [1.54, 1.807) is 11.3 Å². The summed E-state index contributed by atoms with van der Waals surface area (Å²) in [5, 5.41) is 6.31. The van der Waals surface area contributed by atoms with Crippen molar-refractivity contribution in [1.82, 2.24) is 5.32 Å². The van der Waals surface area contributed by atoms with Crippen LogP contribution in [0.1, 0.15) is 27.6 Å². The maximum absolute atomic E-state index is 5.88. The van der Waals surface area contributed by atoms with Gasteiger partial charge in [0.1, 0.15) is 0 Å². The summed E-state index contributed by atoms with van der Waals surface area (Å²) in [6, 6.07) is 6.78. The van der Waals surface area contributed by atoms with Gasteiger partial charge in [0.25, 0.3) is 0 Å². The molecule has 4 heteroatoms. The summed E-state index contributed by atoms with van der Waals surface area (Å²) in [6.07, 6.45) is 0. The molecule has 0 aliphatic heterocycles. The molecule has 2 heterocycles. The van der Waals surface area contributed by atoms with E-state index in [1.165, 1.54) is 14.6 Å². The average Bonchev–Trinajstić information content (AvgIpc) is 2.84. The van der Waals surface area contributed by atoms with Crippen LogP contribution in [0.4, 0.5) is 0 Å². The van der Waals surface area contributed by atoms with Gasteiger partial charge in [-0.3, -0.25) is 0 Å². The monoisotopic (exact) mass is 271 g/mol. The fourth-order valence-corrected chi connectivity index (χ4v) is 3.41. The zero-order valence-electron chi connectivity index (χ0n) is 9.29. The van der Waals surface area contributed by atoms with Crippen molar-refractivity contribution in [3.05, 3.63) is 43.2 Å². The molecular weight excluding hydrogens is 258 g/mol. The molecule has 0 aromatic carbocycles. The minimum atomic E-state index is 0.402. The Morgan fingerprint density at radius 1 is 1.44 bits per heavy atom. The number of halogens is 1. The Morgan fingerprint density at radius 2 is 2.25 bits per heavy atom. The molecule has 0 aliphatic rings. The highest BCUT2D eigenvalue weighted by Gasteiger charge is 2.07. The fourth-order valence-electron chi connectivity index (χ4n) is 1.49. The van der Waals surface area contributed by atoms with Crippen LogP contribution in [0.3, 0.4) is 0 Å². The molecule has 1 N–H and O–H groups in total. The van der Waals surface area contributed by atoms with Gasteiger partial charge in [-0.25, -0.2) is 0 Å². The summed E-state index contributed by atoms with van der Waals surface area (Å²) in [4.78, 5) is 4.04. The van der Waals surface area contributed by atoms with Gasteiger partial charge in [-0.05, 0) is 32.0 Å². The van der Waals surface area contributed by atoms with Crippen LogP contribution in [0.25, 0.3) is 0 Å². The number of hydrogen-bond donors (Lipinski definition) is 1. The Morgan fingerprint density at radius 3 is 2.81 bits per heavy atom. The standard InChI is InChI=1S/C12H14ClNS2/c1-8-3-4-12(16-8)9(2)14-6-11-5-10(13)7-15-11/h3-5,7,9,14H,6H2,1-2H3. The van der Waals surface area contributed by atoms with Crippen molar-refractivity contribution in [3.8, 4) is 0 Å². The van der Waals surface area contributed by atoms with Crippen molar-refractivity contribution in [2.24, 2.45) is 0 Å². The predicted octanol–water partition coefficient (Wildman–Crippen LogP) is 4.62. The lowest BCUT2D eigenvalue weighted by Gasteiger charge is -2.10. The third-order valence-corrected chi connectivity index (χ3v) is 4.86. The van der Waals surface area contributed by atoms with E-state index in [0.29, 0.717) is 6.04 Å². The van der Waals surface area contributed by atoms with E-state index in [0.717, 1.165) is 11.6 Å². The Labute approximate surface area is 109 Å². The van der Waals surface area contributed by atoms with Crippen molar-refractivity contribution < 1.29 is 0 Å². The zero-order valence-corrected chi connectivity index (χ0v) is 11.7. The smallest absolute Gasteiger partial charge is 0.0516 e. The van der Waals surface area contributed by atoms with E-state index in [4.69, 9.17) is 11.6 Å². The van der Waals surface area contributed by atoms with Crippen LogP contribution in [0, 0.1) is 6.92 Å². The third kappa shape index (κ3) is 3.08. The molecule has 2 aromatic rings. The Kier molecular flexibility index (Phi) is 4.03. The van der Waals surface area contributed by atoms with Crippen LogP contribution in [0.5, 0.6) is 0 Å². The lowest BCUT2D eigenvalue weighted by atomic mass is 10.2. The van der Waals surface area contributed by atoms with Crippen LogP contribution < -0.4 is 5.32 Å². The second-order valence-electron chi connectivity index (χ2n) is 3.78. The lowest BCUT2D eigenvalue weighted by Crippen LogP contribution is -2.16. The van der Waals surface area contributed by atoms with E-state index in [2.05, 4.69) is 31.3 Å². The topological polar surface area (TPSA) is 12.0 Å². The maximum atomic E-state index is 5.88. The summed E-state index contributed by atoms with van der Waals surface area (Å²) in [7, 11) is 0. The van der Waals surface area contributed by atoms with Gasteiger partial charge in [0.15, 0.2) is 0 Å². The molecule has 0 saturated carbocycles. The van der Waals surface area contributed by atoms with E-state index in [9.17, 15) is 0 Å². The highest BCUT2D eigenvalue weighted by Crippen LogP contribution is 2.24. The molecule has 86 valence electrons. The van der Waals surface area contributed by atoms with Crippen molar-refractivity contribution in [3.63, 3.8) is 0 Å². The molecule has 0 spiro atoms. The van der Waals surface area contributed by atoms with Crippen LogP contribution in [0.15, 0.2) is 23.6 Å². The second-order valence-corrected chi connectivity index (χ2v) is 6.53. The van der Waals surface area contributed by atoms with Crippen molar-refractivity contribution in [2.45, 2.75) is 26.4 Å². The van der Waals surface area contributed by atoms with Gasteiger partial charge >= 0.3 is 0 Å². The Bertz CT molecular complexity index is 461. The van der Waals surface area contributed by atoms with Gasteiger partial charge in [0.2, 0.25) is 0 Å². The largest absolute Gasteiger partial charge is 0.305 e. The molecule has 1 nitrogen and oxygen atoms in total. The molecular formula is C12H14ClNS2. The van der Waals surface area contributed by atoms with Gasteiger partial charge in [0.05, 0.1) is 5.02 Å². The second kappa shape index (κ2) is 5.32. The molecule has 0 fully saturated rings. The van der Waals surface area contributed by atoms with Crippen LogP contribution in [0.2, 0.25) is 5.02 Å². The first kappa shape index (κ1) is 12.1. The van der Waals surface area contributed by atoms with E-state index in [-0.39, 0.29) is 0 Å². The summed E-state index contributed by atoms with van der Waals surface area (Å²) in [6.45, 7) is 5.22. The van der Waals surface area contributed by atoms with Crippen molar-refractivity contribution in [2.75, 3.05) is 0 Å². The van der Waals surface area contributed by atoms with Gasteiger partial charge in [0, 0.05) is 32.6 Å². The molecule has 2 aromatic heterocycles. The quantitative estimate of drug-likeness (QED) is 0.855. The first-order chi connectivity index (χ1) is 7.65. The average molecular weight is 272 g/mol. The molecule has 0 aliphatic carbocycles. The first-order valence-electron chi connectivity index (χ1n) is 5.18. The van der Waals surface area contributed by atoms with E-state index < -0.39 is 0 Å². The number of nitrogens with one attached hydrogen (secondary N) is 1. The van der Waals surface area contributed by atoms with Crippen molar-refractivity contribution >= 4 is 34.3 Å². The number of thiophene rings is 2. The molecule has 0 saturated heterocycles. The van der Waals surface area contributed by atoms with Gasteiger partial charge in [-0.1, -0.05) is 11.6 Å². The first-order valence-corrected chi connectivity index (χ1v) is 7.25. The van der Waals surface area contributed by atoms with Gasteiger partial charge in [-0.2, -0.15) is 0 Å². The van der Waals surface area contributed by atoms with Crippen LogP contribution in [-0.2, 0) is 6.54 Å². The third-order valence-electron chi connectivity index (χ3n) is 2.39. The number of rotatable bonds is 4. The lowest BCUT2D eigenvalue weighted by molar-refractivity contribution is 0.587. The summed E-state index contributed by atoms with van der Waals surface area (Å²) in [5.74, 6) is 0. The molecule has 1 unspecified atom stereocenters. The number of hydrogen-bond acceptors (Lipinski definition) is 3. The van der Waals surface area contributed by atoms with Gasteiger partial charge in [-0.15, -0.1) is 22.7 Å². The Hall–Kier alpha value is -0.350. The van der Waals surface area contributed by atoms with Crippen molar-refractivity contribution in [1.29, 1.82) is 0 Å². The summed E-state index contributed by atoms with van der Waals surface area (Å²) >= 11 is 9.43. The highest BCUT2D eigenvalue weighted by atomic mass is 35.5. The van der Waals surface area contributed by atoms with Crippen LogP contribution in [-0.4, -0.2) is 0 Å². The predicted molar refractivity (Wildman–Crippen MR) is 73.6 cm³/mol. The molecule has 1 atom stereocenters. The number of aryl methyl sites for hydroxylation is 1. The van der Waals surface area contributed by atoms with E-state index in [1.807, 2.05) is 22.8 Å². The fraction of sp³-hybridized carbons (Fsp3) is 0.333. The SMILES string of the molecule is Cc1ccc(C(C)NCc2cc(Cl)cs2)s1. The molecule has 16 heavy (non-hydrogen) atoms. The molecule has 0 radical (unpaired) electrons. The normalized spacial score (nSPS) is 12.9. The van der Waals surface area contributed by atoms with Gasteiger partial charge < -0.3 is 5.32 Å². The minimum Gasteiger partial charge on any atom is -0.305 e. The molecule has 2 rings (SSSR count).